The third-order valence-electron chi connectivity index (χ3n) is 3.85. The maximum Gasteiger partial charge on any atom is 0.0859 e. The lowest BCUT2D eigenvalue weighted by atomic mass is 9.93. The molecule has 2 rings (SSSR count). The molecule has 1 N–H and O–H groups in total. The summed E-state index contributed by atoms with van der Waals surface area (Å²) >= 11 is 0. The van der Waals surface area contributed by atoms with Crippen molar-refractivity contribution in [2.24, 2.45) is 5.41 Å². The van der Waals surface area contributed by atoms with Gasteiger partial charge in [0, 0.05) is 19.1 Å². The first kappa shape index (κ1) is 14.9. The van der Waals surface area contributed by atoms with E-state index in [1.54, 1.807) is 0 Å². The van der Waals surface area contributed by atoms with Gasteiger partial charge in [-0.1, -0.05) is 20.4 Å². The van der Waals surface area contributed by atoms with Gasteiger partial charge in [0.25, 0.3) is 0 Å². The van der Waals surface area contributed by atoms with Crippen LogP contribution < -0.4 is 10.2 Å². The lowest BCUT2D eigenvalue weighted by Crippen LogP contribution is -2.24. The number of aromatic nitrogens is 1. The third-order valence-corrected chi connectivity index (χ3v) is 3.85. The van der Waals surface area contributed by atoms with Crippen LogP contribution in [0.1, 0.15) is 45.5 Å². The second-order valence-corrected chi connectivity index (χ2v) is 6.91. The predicted octanol–water partition coefficient (Wildman–Crippen LogP) is 3.60. The molecule has 110 valence electrons. The first-order valence-electron chi connectivity index (χ1n) is 7.47. The maximum absolute atomic E-state index is 4.71. The molecule has 0 atom stereocenters. The van der Waals surface area contributed by atoms with Crippen molar-refractivity contribution >= 4 is 11.4 Å². The second kappa shape index (κ2) is 5.47. The summed E-state index contributed by atoms with van der Waals surface area (Å²) in [5, 5.41) is 3.32. The number of pyridine rings is 1. The minimum absolute atomic E-state index is 0.378. The summed E-state index contributed by atoms with van der Waals surface area (Å²) in [6.07, 6.45) is 1.25. The first-order chi connectivity index (χ1) is 9.28. The average Bonchev–Trinajstić information content (AvgIpc) is 2.68. The number of hydrogen-bond acceptors (Lipinski definition) is 3. The van der Waals surface area contributed by atoms with Crippen LogP contribution in [0.15, 0.2) is 18.7 Å². The Hall–Kier alpha value is -1.51. The van der Waals surface area contributed by atoms with Gasteiger partial charge in [-0.2, -0.15) is 0 Å². The van der Waals surface area contributed by atoms with E-state index < -0.39 is 0 Å². The molecule has 0 amide bonds. The Morgan fingerprint density at radius 2 is 2.10 bits per heavy atom. The van der Waals surface area contributed by atoms with Gasteiger partial charge in [0.1, 0.15) is 0 Å². The smallest absolute Gasteiger partial charge is 0.0859 e. The zero-order chi connectivity index (χ0) is 14.9. The van der Waals surface area contributed by atoms with Crippen molar-refractivity contribution in [2.45, 2.75) is 47.1 Å². The molecule has 20 heavy (non-hydrogen) atoms. The highest BCUT2D eigenvalue weighted by atomic mass is 15.2. The summed E-state index contributed by atoms with van der Waals surface area (Å²) in [7, 11) is 0. The van der Waals surface area contributed by atoms with E-state index in [0.29, 0.717) is 11.5 Å². The van der Waals surface area contributed by atoms with E-state index >= 15 is 0 Å². The molecule has 1 fully saturated rings. The molecule has 1 aromatic heterocycles. The molecule has 1 aliphatic heterocycles. The fraction of sp³-hybridized carbons (Fsp3) is 0.588. The van der Waals surface area contributed by atoms with Gasteiger partial charge in [0.2, 0.25) is 0 Å². The summed E-state index contributed by atoms with van der Waals surface area (Å²) in [5.74, 6) is 0. The first-order valence-corrected chi connectivity index (χ1v) is 7.47. The van der Waals surface area contributed by atoms with Crippen LogP contribution in [0.2, 0.25) is 0 Å². The number of rotatable bonds is 4. The maximum atomic E-state index is 4.71. The van der Waals surface area contributed by atoms with Crippen molar-refractivity contribution in [2.75, 3.05) is 18.0 Å². The van der Waals surface area contributed by atoms with Crippen molar-refractivity contribution in [1.82, 2.24) is 10.3 Å². The minimum atomic E-state index is 0.378. The predicted molar refractivity (Wildman–Crippen MR) is 86.9 cm³/mol. The lowest BCUT2D eigenvalue weighted by molar-refractivity contribution is 0.418. The number of anilines is 1. The number of aryl methyl sites for hydroxylation is 1. The van der Waals surface area contributed by atoms with Gasteiger partial charge >= 0.3 is 0 Å². The van der Waals surface area contributed by atoms with E-state index in [1.165, 1.54) is 12.1 Å². The quantitative estimate of drug-likeness (QED) is 0.908. The molecule has 0 radical (unpaired) electrons. The minimum Gasteiger partial charge on any atom is -0.382 e. The highest BCUT2D eigenvalue weighted by molar-refractivity contribution is 5.62. The Kier molecular flexibility index (Phi) is 4.07. The summed E-state index contributed by atoms with van der Waals surface area (Å²) in [5.41, 5.74) is 4.60. The molecular weight excluding hydrogens is 246 g/mol. The van der Waals surface area contributed by atoms with Crippen LogP contribution in [0.5, 0.6) is 0 Å². The van der Waals surface area contributed by atoms with Gasteiger partial charge in [-0.3, -0.25) is 0 Å². The molecule has 1 aromatic rings. The van der Waals surface area contributed by atoms with Crippen LogP contribution >= 0.6 is 0 Å². The molecule has 0 spiro atoms. The zero-order valence-electron chi connectivity index (χ0n) is 13.5. The van der Waals surface area contributed by atoms with Crippen LogP contribution in [-0.2, 0) is 0 Å². The largest absolute Gasteiger partial charge is 0.382 e. The van der Waals surface area contributed by atoms with Gasteiger partial charge in [-0.05, 0) is 44.7 Å². The number of hydrogen-bond donors (Lipinski definition) is 1. The van der Waals surface area contributed by atoms with Crippen LogP contribution in [-0.4, -0.2) is 24.1 Å². The highest BCUT2D eigenvalue weighted by Gasteiger charge is 2.30. The molecular formula is C17H27N3. The van der Waals surface area contributed by atoms with Gasteiger partial charge in [0.15, 0.2) is 0 Å². The van der Waals surface area contributed by atoms with Crippen LogP contribution in [0.3, 0.4) is 0 Å². The Labute approximate surface area is 123 Å². The second-order valence-electron chi connectivity index (χ2n) is 6.91. The Bertz CT molecular complexity index is 503. The summed E-state index contributed by atoms with van der Waals surface area (Å²) in [4.78, 5) is 7.16. The van der Waals surface area contributed by atoms with E-state index in [1.807, 2.05) is 0 Å². The molecule has 0 aliphatic carbocycles. The molecule has 0 saturated carbocycles. The molecule has 2 heterocycles. The normalized spacial score (nSPS) is 17.6. The Morgan fingerprint density at radius 1 is 1.40 bits per heavy atom. The van der Waals surface area contributed by atoms with E-state index in [2.05, 4.69) is 63.5 Å². The summed E-state index contributed by atoms with van der Waals surface area (Å²) < 4.78 is 0. The third kappa shape index (κ3) is 3.33. The molecule has 0 aromatic carbocycles. The van der Waals surface area contributed by atoms with Crippen LogP contribution in [0.4, 0.5) is 5.69 Å². The fourth-order valence-electron chi connectivity index (χ4n) is 2.80. The molecule has 3 heteroatoms. The Morgan fingerprint density at radius 3 is 2.60 bits per heavy atom. The van der Waals surface area contributed by atoms with E-state index in [-0.39, 0.29) is 0 Å². The highest BCUT2D eigenvalue weighted by Crippen LogP contribution is 2.33. The van der Waals surface area contributed by atoms with Crippen molar-refractivity contribution in [1.29, 1.82) is 0 Å². The number of nitrogens with one attached hydrogen (secondary N) is 1. The molecule has 0 bridgehead atoms. The van der Waals surface area contributed by atoms with E-state index in [0.717, 1.165) is 30.2 Å². The van der Waals surface area contributed by atoms with Gasteiger partial charge in [0.05, 0.1) is 22.8 Å². The standard InChI is InChI=1S/C17H27N3/c1-12(2)18-13(3)15-7-8-16(14(4)19-15)20-10-9-17(5,6)11-20/h7-8,12,18H,3,9-11H2,1-2,4-6H3. The summed E-state index contributed by atoms with van der Waals surface area (Å²) in [6, 6.07) is 4.64. The Balaban J connectivity index is 2.16. The fourth-order valence-corrected chi connectivity index (χ4v) is 2.80. The van der Waals surface area contributed by atoms with Crippen LogP contribution in [0.25, 0.3) is 5.70 Å². The van der Waals surface area contributed by atoms with Crippen molar-refractivity contribution < 1.29 is 0 Å². The van der Waals surface area contributed by atoms with Crippen molar-refractivity contribution in [3.63, 3.8) is 0 Å². The summed E-state index contributed by atoms with van der Waals surface area (Å²) in [6.45, 7) is 17.3. The zero-order valence-corrected chi connectivity index (χ0v) is 13.5. The SMILES string of the molecule is C=C(NC(C)C)c1ccc(N2CCC(C)(C)C2)c(C)n1. The van der Waals surface area contributed by atoms with E-state index in [4.69, 9.17) is 4.98 Å². The average molecular weight is 273 g/mol. The van der Waals surface area contributed by atoms with Gasteiger partial charge in [-0.15, -0.1) is 0 Å². The van der Waals surface area contributed by atoms with Gasteiger partial charge in [-0.25, -0.2) is 4.98 Å². The lowest BCUT2D eigenvalue weighted by Gasteiger charge is -2.23. The molecule has 1 saturated heterocycles. The van der Waals surface area contributed by atoms with Gasteiger partial charge < -0.3 is 10.2 Å². The van der Waals surface area contributed by atoms with Crippen molar-refractivity contribution in [3.05, 3.63) is 30.1 Å². The molecule has 0 unspecified atom stereocenters. The monoisotopic (exact) mass is 273 g/mol. The van der Waals surface area contributed by atoms with E-state index in [9.17, 15) is 0 Å². The molecule has 3 nitrogen and oxygen atoms in total. The van der Waals surface area contributed by atoms with Crippen molar-refractivity contribution in [3.8, 4) is 0 Å². The topological polar surface area (TPSA) is 28.2 Å². The molecule has 1 aliphatic rings. The van der Waals surface area contributed by atoms with Crippen LogP contribution in [0, 0.1) is 12.3 Å². The number of nitrogens with zero attached hydrogens (tertiary/aromatic N) is 2.